The SMILES string of the molecule is CC(CC#Cc1cccc(C(=O)NC(O)[C@H](C)c2c[nH]c3ccccc23)c1)C(N)=O. The number of rotatable bonds is 6. The second-order valence-corrected chi connectivity index (χ2v) is 7.39. The number of benzene rings is 2. The van der Waals surface area contributed by atoms with E-state index in [1.165, 1.54) is 0 Å². The van der Waals surface area contributed by atoms with Crippen LogP contribution in [0.3, 0.4) is 0 Å². The van der Waals surface area contributed by atoms with Crippen LogP contribution in [0.2, 0.25) is 0 Å². The Morgan fingerprint density at radius 1 is 1.17 bits per heavy atom. The van der Waals surface area contributed by atoms with Gasteiger partial charge in [-0.1, -0.05) is 50.0 Å². The fourth-order valence-electron chi connectivity index (χ4n) is 3.13. The zero-order chi connectivity index (χ0) is 21.7. The highest BCUT2D eigenvalue weighted by Gasteiger charge is 2.21. The van der Waals surface area contributed by atoms with Crippen molar-refractivity contribution in [2.24, 2.45) is 11.7 Å². The molecule has 6 heteroatoms. The molecule has 6 nitrogen and oxygen atoms in total. The number of aliphatic hydroxyl groups is 1. The monoisotopic (exact) mass is 403 g/mol. The average molecular weight is 403 g/mol. The normalized spacial score (nSPS) is 13.7. The fraction of sp³-hybridized carbons (Fsp3) is 0.250. The highest BCUT2D eigenvalue weighted by Crippen LogP contribution is 2.27. The molecular formula is C24H25N3O3. The van der Waals surface area contributed by atoms with Gasteiger partial charge < -0.3 is 21.1 Å². The van der Waals surface area contributed by atoms with E-state index >= 15 is 0 Å². The third kappa shape index (κ3) is 4.88. The number of nitrogens with one attached hydrogen (secondary N) is 2. The van der Waals surface area contributed by atoms with E-state index in [-0.39, 0.29) is 17.7 Å². The molecule has 154 valence electrons. The number of carbonyl (C=O) groups excluding carboxylic acids is 2. The van der Waals surface area contributed by atoms with Gasteiger partial charge in [0.05, 0.1) is 0 Å². The Morgan fingerprint density at radius 3 is 2.70 bits per heavy atom. The molecule has 3 rings (SSSR count). The maximum absolute atomic E-state index is 12.6. The molecule has 1 heterocycles. The highest BCUT2D eigenvalue weighted by molar-refractivity contribution is 5.94. The number of aromatic nitrogens is 1. The van der Waals surface area contributed by atoms with Crippen LogP contribution in [-0.4, -0.2) is 28.1 Å². The van der Waals surface area contributed by atoms with E-state index in [0.717, 1.165) is 16.5 Å². The number of hydrogen-bond acceptors (Lipinski definition) is 3. The molecule has 1 aromatic heterocycles. The number of para-hydroxylation sites is 1. The zero-order valence-electron chi connectivity index (χ0n) is 17.0. The number of aromatic amines is 1. The molecule has 3 aromatic rings. The predicted octanol–water partition coefficient (Wildman–Crippen LogP) is 2.88. The van der Waals surface area contributed by atoms with Crippen LogP contribution in [0.5, 0.6) is 0 Å². The number of primary amides is 1. The van der Waals surface area contributed by atoms with Crippen molar-refractivity contribution < 1.29 is 14.7 Å². The van der Waals surface area contributed by atoms with E-state index in [1.807, 2.05) is 37.4 Å². The molecule has 0 aliphatic rings. The van der Waals surface area contributed by atoms with Crippen molar-refractivity contribution in [3.63, 3.8) is 0 Å². The van der Waals surface area contributed by atoms with Gasteiger partial charge in [0.2, 0.25) is 5.91 Å². The lowest BCUT2D eigenvalue weighted by Crippen LogP contribution is -2.38. The van der Waals surface area contributed by atoms with Gasteiger partial charge in [0.1, 0.15) is 6.23 Å². The van der Waals surface area contributed by atoms with Gasteiger partial charge in [-0.2, -0.15) is 0 Å². The van der Waals surface area contributed by atoms with Gasteiger partial charge in [-0.3, -0.25) is 9.59 Å². The minimum atomic E-state index is -1.05. The average Bonchev–Trinajstić information content (AvgIpc) is 3.17. The number of fused-ring (bicyclic) bond motifs is 1. The van der Waals surface area contributed by atoms with Crippen molar-refractivity contribution in [1.82, 2.24) is 10.3 Å². The Morgan fingerprint density at radius 2 is 1.93 bits per heavy atom. The number of H-pyrrole nitrogens is 1. The first kappa shape index (κ1) is 21.2. The lowest BCUT2D eigenvalue weighted by molar-refractivity contribution is -0.121. The summed E-state index contributed by atoms with van der Waals surface area (Å²) < 4.78 is 0. The molecule has 30 heavy (non-hydrogen) atoms. The molecule has 0 fully saturated rings. The van der Waals surface area contributed by atoms with E-state index < -0.39 is 12.1 Å². The molecule has 0 saturated heterocycles. The Bertz CT molecular complexity index is 1120. The molecule has 0 spiro atoms. The van der Waals surface area contributed by atoms with Crippen molar-refractivity contribution in [1.29, 1.82) is 0 Å². The third-order valence-electron chi connectivity index (χ3n) is 5.12. The number of hydrogen-bond donors (Lipinski definition) is 4. The zero-order valence-corrected chi connectivity index (χ0v) is 17.0. The molecule has 2 unspecified atom stereocenters. The first-order valence-corrected chi connectivity index (χ1v) is 9.80. The van der Waals surface area contributed by atoms with Crippen LogP contribution >= 0.6 is 0 Å². The van der Waals surface area contributed by atoms with Gasteiger partial charge in [0.25, 0.3) is 5.91 Å². The van der Waals surface area contributed by atoms with Crippen LogP contribution in [0.1, 0.15) is 47.7 Å². The summed E-state index contributed by atoms with van der Waals surface area (Å²) in [6, 6.07) is 14.6. The number of carbonyl (C=O) groups is 2. The van der Waals surface area contributed by atoms with Crippen molar-refractivity contribution in [2.45, 2.75) is 32.4 Å². The lowest BCUT2D eigenvalue weighted by atomic mass is 9.98. The van der Waals surface area contributed by atoms with Crippen LogP contribution in [0.15, 0.2) is 54.7 Å². The van der Waals surface area contributed by atoms with Crippen molar-refractivity contribution in [3.8, 4) is 11.8 Å². The number of aliphatic hydroxyl groups excluding tert-OH is 1. The van der Waals surface area contributed by atoms with Crippen LogP contribution < -0.4 is 11.1 Å². The predicted molar refractivity (Wildman–Crippen MR) is 116 cm³/mol. The Labute approximate surface area is 175 Å². The Hall–Kier alpha value is -3.56. The van der Waals surface area contributed by atoms with Crippen molar-refractivity contribution in [3.05, 3.63) is 71.4 Å². The standard InChI is InChI=1S/C24H25N3O3/c1-15(22(25)28)7-5-8-17-9-6-10-18(13-17)24(30)27-23(29)16(2)20-14-26-21-12-4-3-11-19(20)21/h3-4,6,9-16,23,26,29H,7H2,1-2H3,(H2,25,28)(H,27,30)/t15?,16-,23?/m1/s1. The molecule has 2 aromatic carbocycles. The topological polar surface area (TPSA) is 108 Å². The summed E-state index contributed by atoms with van der Waals surface area (Å²) in [6.45, 7) is 3.58. The van der Waals surface area contributed by atoms with Gasteiger partial charge in [-0.25, -0.2) is 0 Å². The van der Waals surface area contributed by atoms with E-state index in [1.54, 1.807) is 31.2 Å². The Balaban J connectivity index is 1.68. The van der Waals surface area contributed by atoms with E-state index in [0.29, 0.717) is 17.5 Å². The summed E-state index contributed by atoms with van der Waals surface area (Å²) in [6.07, 6.45) is 1.16. The van der Waals surface area contributed by atoms with Crippen LogP contribution in [0, 0.1) is 17.8 Å². The van der Waals surface area contributed by atoms with E-state index in [2.05, 4.69) is 22.1 Å². The maximum atomic E-state index is 12.6. The number of nitrogens with two attached hydrogens (primary N) is 1. The summed E-state index contributed by atoms with van der Waals surface area (Å²) in [5.41, 5.74) is 8.19. The van der Waals surface area contributed by atoms with E-state index in [9.17, 15) is 14.7 Å². The maximum Gasteiger partial charge on any atom is 0.253 e. The molecule has 0 aliphatic carbocycles. The molecule has 0 bridgehead atoms. The molecule has 0 radical (unpaired) electrons. The fourth-order valence-corrected chi connectivity index (χ4v) is 3.13. The lowest BCUT2D eigenvalue weighted by Gasteiger charge is -2.20. The molecule has 3 atom stereocenters. The van der Waals surface area contributed by atoms with Gasteiger partial charge >= 0.3 is 0 Å². The smallest absolute Gasteiger partial charge is 0.253 e. The highest BCUT2D eigenvalue weighted by atomic mass is 16.3. The molecule has 0 aliphatic heterocycles. The second kappa shape index (κ2) is 9.29. The summed E-state index contributed by atoms with van der Waals surface area (Å²) in [5, 5.41) is 14.3. The summed E-state index contributed by atoms with van der Waals surface area (Å²) in [4.78, 5) is 26.9. The molecule has 2 amide bonds. The van der Waals surface area contributed by atoms with Crippen LogP contribution in [0.4, 0.5) is 0 Å². The van der Waals surface area contributed by atoms with Crippen LogP contribution in [-0.2, 0) is 4.79 Å². The molecule has 5 N–H and O–H groups in total. The summed E-state index contributed by atoms with van der Waals surface area (Å²) >= 11 is 0. The van der Waals surface area contributed by atoms with Gasteiger partial charge in [-0.05, 0) is 29.8 Å². The quantitative estimate of drug-likeness (QED) is 0.375. The van der Waals surface area contributed by atoms with Gasteiger partial charge in [0.15, 0.2) is 0 Å². The first-order chi connectivity index (χ1) is 14.4. The minimum absolute atomic E-state index is 0.302. The Kier molecular flexibility index (Phi) is 6.55. The van der Waals surface area contributed by atoms with Crippen molar-refractivity contribution in [2.75, 3.05) is 0 Å². The minimum Gasteiger partial charge on any atom is -0.373 e. The number of amides is 2. The van der Waals surface area contributed by atoms with Crippen LogP contribution in [0.25, 0.3) is 10.9 Å². The van der Waals surface area contributed by atoms with Gasteiger partial charge in [0, 0.05) is 46.5 Å². The molecule has 0 saturated carbocycles. The van der Waals surface area contributed by atoms with E-state index in [4.69, 9.17) is 5.73 Å². The molecular weight excluding hydrogens is 378 g/mol. The summed E-state index contributed by atoms with van der Waals surface area (Å²) in [5.74, 6) is 4.44. The first-order valence-electron chi connectivity index (χ1n) is 9.80. The van der Waals surface area contributed by atoms with Gasteiger partial charge in [-0.15, -0.1) is 0 Å². The second-order valence-electron chi connectivity index (χ2n) is 7.39. The summed E-state index contributed by atoms with van der Waals surface area (Å²) in [7, 11) is 0. The van der Waals surface area contributed by atoms with Crippen molar-refractivity contribution >= 4 is 22.7 Å². The third-order valence-corrected chi connectivity index (χ3v) is 5.12. The largest absolute Gasteiger partial charge is 0.373 e.